The molecule has 0 saturated heterocycles. The van der Waals surface area contributed by atoms with Crippen LogP contribution in [0.4, 0.5) is 10.1 Å². The first-order chi connectivity index (χ1) is 6.13. The maximum Gasteiger partial charge on any atom is 0.185 e. The molecule has 13 heavy (non-hydrogen) atoms. The zero-order valence-corrected chi connectivity index (χ0v) is 8.05. The fourth-order valence-corrected chi connectivity index (χ4v) is 1.07. The van der Waals surface area contributed by atoms with Crippen LogP contribution in [0.15, 0.2) is 18.2 Å². The number of thiocarbonyl (C=S) groups is 1. The van der Waals surface area contributed by atoms with E-state index in [1.807, 2.05) is 0 Å². The van der Waals surface area contributed by atoms with Gasteiger partial charge in [-0.05, 0) is 30.4 Å². The number of benzene rings is 1. The van der Waals surface area contributed by atoms with E-state index in [1.54, 1.807) is 0 Å². The normalized spacial score (nSPS) is 9.46. The Morgan fingerprint density at radius 2 is 2.23 bits per heavy atom. The SMILES string of the molecule is NNC(=S)Nc1ccc(F)cc1Cl. The van der Waals surface area contributed by atoms with E-state index in [0.29, 0.717) is 5.69 Å². The smallest absolute Gasteiger partial charge is 0.185 e. The Morgan fingerprint density at radius 1 is 1.54 bits per heavy atom. The summed E-state index contributed by atoms with van der Waals surface area (Å²) in [4.78, 5) is 0. The monoisotopic (exact) mass is 219 g/mol. The molecular formula is C7H7ClFN3S. The summed E-state index contributed by atoms with van der Waals surface area (Å²) < 4.78 is 12.6. The van der Waals surface area contributed by atoms with Crippen molar-refractivity contribution in [2.45, 2.75) is 0 Å². The minimum Gasteiger partial charge on any atom is -0.330 e. The molecular weight excluding hydrogens is 213 g/mol. The molecule has 0 aliphatic carbocycles. The van der Waals surface area contributed by atoms with Gasteiger partial charge in [-0.2, -0.15) is 0 Å². The van der Waals surface area contributed by atoms with Crippen LogP contribution in [-0.4, -0.2) is 5.11 Å². The molecule has 0 heterocycles. The quantitative estimate of drug-likeness (QED) is 0.382. The molecule has 70 valence electrons. The van der Waals surface area contributed by atoms with Gasteiger partial charge in [0.2, 0.25) is 0 Å². The highest BCUT2D eigenvalue weighted by Gasteiger charge is 2.02. The minimum atomic E-state index is -0.401. The Labute approximate surface area is 85.0 Å². The van der Waals surface area contributed by atoms with Crippen molar-refractivity contribution in [2.75, 3.05) is 5.32 Å². The molecule has 0 spiro atoms. The molecule has 0 unspecified atom stereocenters. The zero-order chi connectivity index (χ0) is 9.84. The van der Waals surface area contributed by atoms with Crippen molar-refractivity contribution in [1.29, 1.82) is 0 Å². The maximum atomic E-state index is 12.6. The van der Waals surface area contributed by atoms with E-state index in [9.17, 15) is 4.39 Å². The number of nitrogens with one attached hydrogen (secondary N) is 2. The Hall–Kier alpha value is -0.910. The molecule has 0 aliphatic rings. The molecule has 0 bridgehead atoms. The van der Waals surface area contributed by atoms with E-state index in [2.05, 4.69) is 10.7 Å². The lowest BCUT2D eigenvalue weighted by molar-refractivity contribution is 0.628. The van der Waals surface area contributed by atoms with Crippen molar-refractivity contribution in [3.63, 3.8) is 0 Å². The van der Waals surface area contributed by atoms with Crippen molar-refractivity contribution in [1.82, 2.24) is 5.43 Å². The molecule has 0 saturated carbocycles. The highest BCUT2D eigenvalue weighted by Crippen LogP contribution is 2.21. The topological polar surface area (TPSA) is 50.1 Å². The molecule has 0 atom stereocenters. The Kier molecular flexibility index (Phi) is 3.41. The van der Waals surface area contributed by atoms with Crippen molar-refractivity contribution < 1.29 is 4.39 Å². The lowest BCUT2D eigenvalue weighted by atomic mass is 10.3. The number of rotatable bonds is 1. The highest BCUT2D eigenvalue weighted by molar-refractivity contribution is 7.80. The van der Waals surface area contributed by atoms with Gasteiger partial charge in [-0.3, -0.25) is 0 Å². The largest absolute Gasteiger partial charge is 0.330 e. The number of hydrazine groups is 1. The van der Waals surface area contributed by atoms with Crippen molar-refractivity contribution in [3.8, 4) is 0 Å². The van der Waals surface area contributed by atoms with Crippen LogP contribution in [0.25, 0.3) is 0 Å². The first-order valence-corrected chi connectivity index (χ1v) is 4.15. The van der Waals surface area contributed by atoms with Gasteiger partial charge in [0.05, 0.1) is 10.7 Å². The van der Waals surface area contributed by atoms with E-state index >= 15 is 0 Å². The minimum absolute atomic E-state index is 0.216. The van der Waals surface area contributed by atoms with Crippen LogP contribution in [-0.2, 0) is 0 Å². The molecule has 1 aromatic carbocycles. The summed E-state index contributed by atoms with van der Waals surface area (Å²) in [6.07, 6.45) is 0. The average molecular weight is 220 g/mol. The second-order valence-corrected chi connectivity index (χ2v) is 3.04. The van der Waals surface area contributed by atoms with Gasteiger partial charge in [0.15, 0.2) is 5.11 Å². The highest BCUT2D eigenvalue weighted by atomic mass is 35.5. The Balaban J connectivity index is 2.83. The van der Waals surface area contributed by atoms with Gasteiger partial charge in [0.25, 0.3) is 0 Å². The number of hydrogen-bond donors (Lipinski definition) is 3. The fraction of sp³-hybridized carbons (Fsp3) is 0. The van der Waals surface area contributed by atoms with Crippen LogP contribution >= 0.6 is 23.8 Å². The van der Waals surface area contributed by atoms with Crippen LogP contribution in [0, 0.1) is 5.82 Å². The molecule has 0 radical (unpaired) electrons. The maximum absolute atomic E-state index is 12.6. The number of hydrogen-bond acceptors (Lipinski definition) is 2. The molecule has 6 heteroatoms. The van der Waals surface area contributed by atoms with Crippen LogP contribution in [0.2, 0.25) is 5.02 Å². The van der Waals surface area contributed by atoms with Crippen LogP contribution in [0.5, 0.6) is 0 Å². The molecule has 0 fully saturated rings. The van der Waals surface area contributed by atoms with Gasteiger partial charge in [0, 0.05) is 0 Å². The Bertz CT molecular complexity index is 332. The van der Waals surface area contributed by atoms with Crippen LogP contribution in [0.1, 0.15) is 0 Å². The third-order valence-corrected chi connectivity index (χ3v) is 1.84. The van der Waals surface area contributed by atoms with Gasteiger partial charge in [-0.15, -0.1) is 0 Å². The zero-order valence-electron chi connectivity index (χ0n) is 6.47. The summed E-state index contributed by atoms with van der Waals surface area (Å²) >= 11 is 10.4. The summed E-state index contributed by atoms with van der Waals surface area (Å²) in [5, 5.41) is 3.15. The van der Waals surface area contributed by atoms with Gasteiger partial charge in [-0.25, -0.2) is 10.2 Å². The van der Waals surface area contributed by atoms with E-state index in [4.69, 9.17) is 29.7 Å². The van der Waals surface area contributed by atoms with Gasteiger partial charge < -0.3 is 10.7 Å². The average Bonchev–Trinajstić information content (AvgIpc) is 2.09. The lowest BCUT2D eigenvalue weighted by Crippen LogP contribution is -2.34. The Morgan fingerprint density at radius 3 is 2.77 bits per heavy atom. The van der Waals surface area contributed by atoms with Gasteiger partial charge in [-0.1, -0.05) is 11.6 Å². The summed E-state index contributed by atoms with van der Waals surface area (Å²) in [5.74, 6) is 4.63. The van der Waals surface area contributed by atoms with E-state index < -0.39 is 5.82 Å². The third kappa shape index (κ3) is 2.80. The van der Waals surface area contributed by atoms with Gasteiger partial charge >= 0.3 is 0 Å². The molecule has 1 rings (SSSR count). The molecule has 1 aromatic rings. The lowest BCUT2D eigenvalue weighted by Gasteiger charge is -2.07. The van der Waals surface area contributed by atoms with Gasteiger partial charge in [0.1, 0.15) is 5.82 Å². The first-order valence-electron chi connectivity index (χ1n) is 3.36. The second kappa shape index (κ2) is 4.36. The summed E-state index contributed by atoms with van der Waals surface area (Å²) in [5.41, 5.74) is 2.73. The molecule has 4 N–H and O–H groups in total. The second-order valence-electron chi connectivity index (χ2n) is 2.22. The van der Waals surface area contributed by atoms with Crippen molar-refractivity contribution in [2.24, 2.45) is 5.84 Å². The molecule has 3 nitrogen and oxygen atoms in total. The first kappa shape index (κ1) is 10.2. The predicted molar refractivity (Wildman–Crippen MR) is 55.0 cm³/mol. The summed E-state index contributed by atoms with van der Waals surface area (Å²) in [7, 11) is 0. The number of halogens is 2. The fourth-order valence-electron chi connectivity index (χ4n) is 0.749. The summed E-state index contributed by atoms with van der Waals surface area (Å²) in [6, 6.07) is 3.93. The molecule has 0 amide bonds. The van der Waals surface area contributed by atoms with E-state index in [1.165, 1.54) is 18.2 Å². The molecule has 0 aliphatic heterocycles. The standard InChI is InChI=1S/C7H7ClFN3S/c8-5-3-4(9)1-2-6(5)11-7(13)12-10/h1-3H,10H2,(H2,11,12,13). The van der Waals surface area contributed by atoms with E-state index in [-0.39, 0.29) is 10.1 Å². The van der Waals surface area contributed by atoms with E-state index in [0.717, 1.165) is 0 Å². The number of anilines is 1. The van der Waals surface area contributed by atoms with Crippen LogP contribution < -0.4 is 16.6 Å². The predicted octanol–water partition coefficient (Wildman–Crippen LogP) is 1.64. The summed E-state index contributed by atoms with van der Waals surface area (Å²) in [6.45, 7) is 0. The number of nitrogens with two attached hydrogens (primary N) is 1. The van der Waals surface area contributed by atoms with Crippen molar-refractivity contribution >= 4 is 34.6 Å². The van der Waals surface area contributed by atoms with Crippen LogP contribution in [0.3, 0.4) is 0 Å². The van der Waals surface area contributed by atoms with Crippen molar-refractivity contribution in [3.05, 3.63) is 29.0 Å². The molecule has 0 aromatic heterocycles. The third-order valence-electron chi connectivity index (χ3n) is 1.31.